The van der Waals surface area contributed by atoms with Crippen LogP contribution in [0.5, 0.6) is 0 Å². The molecule has 82 valence electrons. The number of hydrogen-bond donors (Lipinski definition) is 0. The summed E-state index contributed by atoms with van der Waals surface area (Å²) in [5, 5.41) is 0. The van der Waals surface area contributed by atoms with E-state index in [1.54, 1.807) is 6.92 Å². The number of ketones is 1. The zero-order chi connectivity index (χ0) is 11.6. The third kappa shape index (κ3) is 2.58. The Kier molecular flexibility index (Phi) is 3.17. The molecule has 1 aromatic carbocycles. The van der Waals surface area contributed by atoms with Crippen LogP contribution in [0.15, 0.2) is 18.2 Å². The number of halogens is 3. The molecule has 0 N–H and O–H groups in total. The monoisotopic (exact) mass is 216 g/mol. The number of carbonyl (C=O) groups excluding carboxylic acids is 1. The zero-order valence-electron chi connectivity index (χ0n) is 8.48. The molecule has 0 radical (unpaired) electrons. The molecule has 0 unspecified atom stereocenters. The third-order valence-corrected chi connectivity index (χ3v) is 2.08. The molecule has 1 aromatic rings. The first-order valence-electron chi connectivity index (χ1n) is 4.57. The lowest BCUT2D eigenvalue weighted by atomic mass is 9.98. The van der Waals surface area contributed by atoms with Crippen LogP contribution in [-0.4, -0.2) is 5.78 Å². The molecule has 0 aliphatic rings. The predicted octanol–water partition coefficient (Wildman–Crippen LogP) is 3.53. The topological polar surface area (TPSA) is 17.1 Å². The average Bonchev–Trinajstić information content (AvgIpc) is 2.14. The predicted molar refractivity (Wildman–Crippen MR) is 50.6 cm³/mol. The van der Waals surface area contributed by atoms with Gasteiger partial charge in [-0.1, -0.05) is 6.92 Å². The molecule has 1 rings (SSSR count). The van der Waals surface area contributed by atoms with Gasteiger partial charge in [-0.05, 0) is 18.2 Å². The molecule has 0 fully saturated rings. The van der Waals surface area contributed by atoms with E-state index in [0.717, 1.165) is 18.2 Å². The SMILES string of the molecule is CCC(=O)c1cc(F)ccc1C(C)(F)F. The summed E-state index contributed by atoms with van der Waals surface area (Å²) >= 11 is 0. The van der Waals surface area contributed by atoms with Crippen molar-refractivity contribution in [1.82, 2.24) is 0 Å². The van der Waals surface area contributed by atoms with E-state index in [1.165, 1.54) is 0 Å². The van der Waals surface area contributed by atoms with Gasteiger partial charge in [0.1, 0.15) is 5.82 Å². The van der Waals surface area contributed by atoms with Crippen LogP contribution in [0.1, 0.15) is 36.2 Å². The molecule has 0 saturated carbocycles. The maximum Gasteiger partial charge on any atom is 0.271 e. The van der Waals surface area contributed by atoms with Gasteiger partial charge in [0.2, 0.25) is 0 Å². The number of carbonyl (C=O) groups is 1. The number of benzene rings is 1. The van der Waals surface area contributed by atoms with Gasteiger partial charge in [-0.25, -0.2) is 13.2 Å². The molecule has 0 aromatic heterocycles. The van der Waals surface area contributed by atoms with E-state index in [-0.39, 0.29) is 12.0 Å². The van der Waals surface area contributed by atoms with Gasteiger partial charge in [-0.15, -0.1) is 0 Å². The van der Waals surface area contributed by atoms with Gasteiger partial charge < -0.3 is 0 Å². The second kappa shape index (κ2) is 4.04. The molecule has 0 saturated heterocycles. The van der Waals surface area contributed by atoms with Crippen LogP contribution >= 0.6 is 0 Å². The quantitative estimate of drug-likeness (QED) is 0.706. The Balaban J connectivity index is 3.33. The van der Waals surface area contributed by atoms with Gasteiger partial charge in [0.15, 0.2) is 5.78 Å². The van der Waals surface area contributed by atoms with Crippen LogP contribution in [0.2, 0.25) is 0 Å². The third-order valence-electron chi connectivity index (χ3n) is 2.08. The van der Waals surface area contributed by atoms with Crippen molar-refractivity contribution in [1.29, 1.82) is 0 Å². The Labute approximate surface area is 85.9 Å². The van der Waals surface area contributed by atoms with Gasteiger partial charge in [0.05, 0.1) is 0 Å². The van der Waals surface area contributed by atoms with E-state index in [2.05, 4.69) is 0 Å². The normalized spacial score (nSPS) is 11.5. The first-order chi connectivity index (χ1) is 6.86. The first-order valence-corrected chi connectivity index (χ1v) is 4.57. The van der Waals surface area contributed by atoms with Crippen molar-refractivity contribution in [3.8, 4) is 0 Å². The van der Waals surface area contributed by atoms with Gasteiger partial charge in [-0.2, -0.15) is 0 Å². The fraction of sp³-hybridized carbons (Fsp3) is 0.364. The highest BCUT2D eigenvalue weighted by molar-refractivity contribution is 5.97. The minimum absolute atomic E-state index is 0.0759. The molecule has 4 heteroatoms. The number of hydrogen-bond acceptors (Lipinski definition) is 1. The van der Waals surface area contributed by atoms with Crippen molar-refractivity contribution in [2.45, 2.75) is 26.2 Å². The fourth-order valence-corrected chi connectivity index (χ4v) is 1.32. The van der Waals surface area contributed by atoms with Gasteiger partial charge in [0, 0.05) is 24.5 Å². The van der Waals surface area contributed by atoms with Crippen molar-refractivity contribution >= 4 is 5.78 Å². The summed E-state index contributed by atoms with van der Waals surface area (Å²) in [5.41, 5.74) is -0.652. The maximum atomic E-state index is 13.1. The lowest BCUT2D eigenvalue weighted by molar-refractivity contribution is 0.0164. The van der Waals surface area contributed by atoms with E-state index < -0.39 is 23.1 Å². The first kappa shape index (κ1) is 11.8. The summed E-state index contributed by atoms with van der Waals surface area (Å²) in [5.74, 6) is -4.29. The van der Waals surface area contributed by atoms with Crippen molar-refractivity contribution in [3.05, 3.63) is 35.1 Å². The van der Waals surface area contributed by atoms with Crippen LogP contribution in [0.25, 0.3) is 0 Å². The molecular weight excluding hydrogens is 205 g/mol. The molecule has 0 atom stereocenters. The van der Waals surface area contributed by atoms with Crippen molar-refractivity contribution in [3.63, 3.8) is 0 Å². The Morgan fingerprint density at radius 3 is 2.47 bits per heavy atom. The highest BCUT2D eigenvalue weighted by atomic mass is 19.3. The Bertz CT molecular complexity index is 380. The van der Waals surface area contributed by atoms with Crippen molar-refractivity contribution < 1.29 is 18.0 Å². The number of alkyl halides is 2. The molecule has 15 heavy (non-hydrogen) atoms. The molecule has 0 spiro atoms. The minimum atomic E-state index is -3.13. The van der Waals surface area contributed by atoms with Crippen LogP contribution in [0.4, 0.5) is 13.2 Å². The second-order valence-corrected chi connectivity index (χ2v) is 3.36. The molecular formula is C11H11F3O. The van der Waals surface area contributed by atoms with Crippen molar-refractivity contribution in [2.75, 3.05) is 0 Å². The average molecular weight is 216 g/mol. The van der Waals surface area contributed by atoms with Crippen LogP contribution in [0, 0.1) is 5.82 Å². The molecule has 0 bridgehead atoms. The highest BCUT2D eigenvalue weighted by Crippen LogP contribution is 2.30. The van der Waals surface area contributed by atoms with Gasteiger partial charge in [0.25, 0.3) is 5.92 Å². The molecule has 1 nitrogen and oxygen atoms in total. The maximum absolute atomic E-state index is 13.1. The minimum Gasteiger partial charge on any atom is -0.294 e. The van der Waals surface area contributed by atoms with Crippen LogP contribution in [-0.2, 0) is 5.92 Å². The van der Waals surface area contributed by atoms with E-state index in [0.29, 0.717) is 6.92 Å². The molecule has 0 aliphatic heterocycles. The molecule has 0 heterocycles. The molecule has 0 aliphatic carbocycles. The van der Waals surface area contributed by atoms with E-state index in [9.17, 15) is 18.0 Å². The fourth-order valence-electron chi connectivity index (χ4n) is 1.32. The number of Topliss-reactive ketones (excluding diaryl/α,β-unsaturated/α-hetero) is 1. The Morgan fingerprint density at radius 2 is 2.00 bits per heavy atom. The summed E-state index contributed by atoms with van der Waals surface area (Å²) < 4.78 is 39.0. The Hall–Kier alpha value is -1.32. The largest absolute Gasteiger partial charge is 0.294 e. The van der Waals surface area contributed by atoms with E-state index in [1.807, 2.05) is 0 Å². The van der Waals surface area contributed by atoms with Gasteiger partial charge in [-0.3, -0.25) is 4.79 Å². The van der Waals surface area contributed by atoms with Crippen molar-refractivity contribution in [2.24, 2.45) is 0 Å². The standard InChI is InChI=1S/C11H11F3O/c1-3-10(15)8-6-7(12)4-5-9(8)11(2,13)14/h4-6H,3H2,1-2H3. The summed E-state index contributed by atoms with van der Waals surface area (Å²) in [6.07, 6.45) is 0.0759. The summed E-state index contributed by atoms with van der Waals surface area (Å²) in [4.78, 5) is 11.3. The number of rotatable bonds is 3. The Morgan fingerprint density at radius 1 is 1.40 bits per heavy atom. The summed E-state index contributed by atoms with van der Waals surface area (Å²) in [6, 6.07) is 2.75. The second-order valence-electron chi connectivity index (χ2n) is 3.36. The lowest BCUT2D eigenvalue weighted by Crippen LogP contribution is -2.14. The van der Waals surface area contributed by atoms with Crippen LogP contribution < -0.4 is 0 Å². The highest BCUT2D eigenvalue weighted by Gasteiger charge is 2.29. The summed E-state index contributed by atoms with van der Waals surface area (Å²) in [7, 11) is 0. The lowest BCUT2D eigenvalue weighted by Gasteiger charge is -2.14. The zero-order valence-corrected chi connectivity index (χ0v) is 8.48. The smallest absolute Gasteiger partial charge is 0.271 e. The summed E-state index contributed by atoms with van der Waals surface area (Å²) in [6.45, 7) is 2.23. The van der Waals surface area contributed by atoms with Crippen LogP contribution in [0.3, 0.4) is 0 Å². The van der Waals surface area contributed by atoms with E-state index >= 15 is 0 Å². The molecule has 0 amide bonds. The van der Waals surface area contributed by atoms with Gasteiger partial charge >= 0.3 is 0 Å². The van der Waals surface area contributed by atoms with E-state index in [4.69, 9.17) is 0 Å².